The van der Waals surface area contributed by atoms with Gasteiger partial charge in [-0.2, -0.15) is 0 Å². The van der Waals surface area contributed by atoms with Crippen LogP contribution in [-0.2, 0) is 0 Å². The number of nitrogens with one attached hydrogen (secondary N) is 1. The summed E-state index contributed by atoms with van der Waals surface area (Å²) in [5, 5.41) is 3.21. The highest BCUT2D eigenvalue weighted by Crippen LogP contribution is 2.28. The molecule has 2 aromatic heterocycles. The molecule has 20 heavy (non-hydrogen) atoms. The van der Waals surface area contributed by atoms with E-state index in [0.29, 0.717) is 12.0 Å². The van der Waals surface area contributed by atoms with E-state index in [1.54, 1.807) is 0 Å². The summed E-state index contributed by atoms with van der Waals surface area (Å²) < 4.78 is 2.05. The number of amides is 1. The Morgan fingerprint density at radius 1 is 1.30 bits per heavy atom. The number of nitrogens with zero attached hydrogens (tertiary/aromatic N) is 2. The summed E-state index contributed by atoms with van der Waals surface area (Å²) >= 11 is 0. The number of pyridine rings is 1. The van der Waals surface area contributed by atoms with Crippen molar-refractivity contribution in [1.82, 2.24) is 14.6 Å². The number of hydrogen-bond donors (Lipinski definition) is 1. The van der Waals surface area contributed by atoms with Crippen molar-refractivity contribution in [2.45, 2.75) is 19.4 Å². The zero-order valence-electron chi connectivity index (χ0n) is 11.7. The Hall–Kier alpha value is -1.81. The molecule has 2 saturated heterocycles. The molecule has 2 aliphatic rings. The van der Waals surface area contributed by atoms with Gasteiger partial charge in [0.25, 0.3) is 5.91 Å². The van der Waals surface area contributed by atoms with Crippen LogP contribution >= 0.6 is 0 Å². The van der Waals surface area contributed by atoms with Gasteiger partial charge in [-0.1, -0.05) is 0 Å². The Balaban J connectivity index is 1.56. The molecule has 1 amide bonds. The summed E-state index contributed by atoms with van der Waals surface area (Å²) in [6.45, 7) is 5.44. The van der Waals surface area contributed by atoms with Gasteiger partial charge in [-0.05, 0) is 49.6 Å². The van der Waals surface area contributed by atoms with Gasteiger partial charge in [0.2, 0.25) is 0 Å². The quantitative estimate of drug-likeness (QED) is 0.900. The van der Waals surface area contributed by atoms with Gasteiger partial charge in [0, 0.05) is 42.6 Å². The van der Waals surface area contributed by atoms with E-state index in [1.807, 2.05) is 24.5 Å². The van der Waals surface area contributed by atoms with Crippen molar-refractivity contribution in [3.05, 3.63) is 41.7 Å². The van der Waals surface area contributed by atoms with Crippen molar-refractivity contribution >= 4 is 11.4 Å². The molecule has 0 aliphatic carbocycles. The van der Waals surface area contributed by atoms with E-state index in [9.17, 15) is 4.79 Å². The lowest BCUT2D eigenvalue weighted by Crippen LogP contribution is -2.43. The average molecular weight is 269 g/mol. The Labute approximate surface area is 118 Å². The maximum atomic E-state index is 12.4. The van der Waals surface area contributed by atoms with Gasteiger partial charge in [-0.25, -0.2) is 0 Å². The van der Waals surface area contributed by atoms with Gasteiger partial charge in [-0.15, -0.1) is 0 Å². The van der Waals surface area contributed by atoms with Crippen LogP contribution in [0.5, 0.6) is 0 Å². The first-order chi connectivity index (χ1) is 9.70. The van der Waals surface area contributed by atoms with Gasteiger partial charge in [0.15, 0.2) is 0 Å². The molecule has 0 radical (unpaired) electrons. The number of rotatable bonds is 2. The van der Waals surface area contributed by atoms with Crippen LogP contribution in [0.3, 0.4) is 0 Å². The van der Waals surface area contributed by atoms with E-state index in [1.165, 1.54) is 18.5 Å². The zero-order valence-corrected chi connectivity index (χ0v) is 11.7. The molecule has 0 spiro atoms. The minimum atomic E-state index is 0.0619. The third-order valence-electron chi connectivity index (χ3n) is 4.79. The third kappa shape index (κ3) is 1.83. The summed E-state index contributed by atoms with van der Waals surface area (Å²) in [5.41, 5.74) is 3.07. The number of carbonyl (C=O) groups is 1. The topological polar surface area (TPSA) is 36.8 Å². The minimum Gasteiger partial charge on any atom is -0.348 e. The van der Waals surface area contributed by atoms with E-state index in [4.69, 9.17) is 0 Å². The predicted molar refractivity (Wildman–Crippen MR) is 77.9 cm³/mol. The summed E-state index contributed by atoms with van der Waals surface area (Å²) in [6.07, 6.45) is 5.21. The second kappa shape index (κ2) is 4.35. The van der Waals surface area contributed by atoms with E-state index >= 15 is 0 Å². The second-order valence-electron chi connectivity index (χ2n) is 6.09. The first-order valence-corrected chi connectivity index (χ1v) is 7.31. The normalized spacial score (nSPS) is 28.1. The van der Waals surface area contributed by atoms with Crippen molar-refractivity contribution < 1.29 is 4.79 Å². The van der Waals surface area contributed by atoms with Crippen molar-refractivity contribution in [2.75, 3.05) is 19.6 Å². The van der Waals surface area contributed by atoms with Crippen LogP contribution in [0.2, 0.25) is 0 Å². The van der Waals surface area contributed by atoms with Gasteiger partial charge < -0.3 is 14.6 Å². The Bertz CT molecular complexity index is 675. The summed E-state index contributed by atoms with van der Waals surface area (Å²) in [5.74, 6) is 0.713. The molecule has 4 nitrogen and oxygen atoms in total. The maximum absolute atomic E-state index is 12.4. The van der Waals surface area contributed by atoms with Crippen LogP contribution < -0.4 is 5.32 Å². The highest BCUT2D eigenvalue weighted by atomic mass is 16.1. The molecule has 4 heterocycles. The molecule has 1 N–H and O–H groups in total. The molecule has 104 valence electrons. The van der Waals surface area contributed by atoms with Crippen molar-refractivity contribution in [3.8, 4) is 0 Å². The van der Waals surface area contributed by atoms with Crippen molar-refractivity contribution in [3.63, 3.8) is 0 Å². The SMILES string of the molecule is Cc1ccn2ccc(C(=O)NC3CN4CCC3C4)cc12. The Morgan fingerprint density at radius 2 is 2.15 bits per heavy atom. The lowest BCUT2D eigenvalue weighted by atomic mass is 9.99. The maximum Gasteiger partial charge on any atom is 0.251 e. The largest absolute Gasteiger partial charge is 0.348 e. The monoisotopic (exact) mass is 269 g/mol. The van der Waals surface area contributed by atoms with E-state index < -0.39 is 0 Å². The van der Waals surface area contributed by atoms with E-state index in [2.05, 4.69) is 27.6 Å². The van der Waals surface area contributed by atoms with E-state index in [-0.39, 0.29) is 5.91 Å². The van der Waals surface area contributed by atoms with Crippen molar-refractivity contribution in [1.29, 1.82) is 0 Å². The number of fused-ring (bicyclic) bond motifs is 3. The van der Waals surface area contributed by atoms with Gasteiger partial charge in [0.1, 0.15) is 0 Å². The van der Waals surface area contributed by atoms with Gasteiger partial charge in [0.05, 0.1) is 0 Å². The average Bonchev–Trinajstić information content (AvgIpc) is 3.15. The lowest BCUT2D eigenvalue weighted by molar-refractivity contribution is 0.0924. The lowest BCUT2D eigenvalue weighted by Gasteiger charge is -2.23. The highest BCUT2D eigenvalue weighted by molar-refractivity contribution is 5.95. The predicted octanol–water partition coefficient (Wildman–Crippen LogP) is 1.68. The molecule has 4 heteroatoms. The summed E-state index contributed by atoms with van der Waals surface area (Å²) in [4.78, 5) is 14.9. The first kappa shape index (κ1) is 12.0. The van der Waals surface area contributed by atoms with Crippen LogP contribution in [-0.4, -0.2) is 40.9 Å². The molecule has 2 bridgehead atoms. The van der Waals surface area contributed by atoms with Crippen molar-refractivity contribution in [2.24, 2.45) is 5.92 Å². The Morgan fingerprint density at radius 3 is 2.90 bits per heavy atom. The molecule has 0 saturated carbocycles. The van der Waals surface area contributed by atoms with Crippen LogP contribution in [0, 0.1) is 12.8 Å². The standard InChI is InChI=1S/C16H19N3O/c1-11-2-6-19-7-4-12(8-15(11)19)16(20)17-14-10-18-5-3-13(14)9-18/h2,4,6-8,13-14H,3,5,9-10H2,1H3,(H,17,20). The molecule has 0 aromatic carbocycles. The number of carbonyl (C=O) groups excluding carboxylic acids is 1. The number of hydrogen-bond acceptors (Lipinski definition) is 2. The second-order valence-corrected chi connectivity index (χ2v) is 6.09. The molecule has 4 rings (SSSR count). The molecule has 2 aliphatic heterocycles. The van der Waals surface area contributed by atoms with Gasteiger partial charge in [-0.3, -0.25) is 4.79 Å². The van der Waals surface area contributed by atoms with Crippen LogP contribution in [0.4, 0.5) is 0 Å². The van der Waals surface area contributed by atoms with Crippen LogP contribution in [0.1, 0.15) is 22.3 Å². The fourth-order valence-electron chi connectivity index (χ4n) is 3.58. The summed E-state index contributed by atoms with van der Waals surface area (Å²) in [7, 11) is 0. The first-order valence-electron chi connectivity index (χ1n) is 7.31. The van der Waals surface area contributed by atoms with Crippen LogP contribution in [0.15, 0.2) is 30.6 Å². The molecule has 2 aromatic rings. The van der Waals surface area contributed by atoms with Gasteiger partial charge >= 0.3 is 0 Å². The van der Waals surface area contributed by atoms with E-state index in [0.717, 1.165) is 24.2 Å². The Kier molecular flexibility index (Phi) is 2.60. The fraction of sp³-hybridized carbons (Fsp3) is 0.438. The fourth-order valence-corrected chi connectivity index (χ4v) is 3.58. The number of aromatic nitrogens is 1. The minimum absolute atomic E-state index is 0.0619. The molecule has 3 atom stereocenters. The smallest absolute Gasteiger partial charge is 0.251 e. The molecular weight excluding hydrogens is 250 g/mol. The zero-order chi connectivity index (χ0) is 13.7. The molecule has 2 fully saturated rings. The van der Waals surface area contributed by atoms with Crippen LogP contribution in [0.25, 0.3) is 5.52 Å². The highest BCUT2D eigenvalue weighted by Gasteiger charge is 2.38. The summed E-state index contributed by atoms with van der Waals surface area (Å²) in [6, 6.07) is 6.29. The third-order valence-corrected chi connectivity index (χ3v) is 4.79. The number of piperidine rings is 1. The molecule has 3 unspecified atom stereocenters. The number of aryl methyl sites for hydroxylation is 1. The molecular formula is C16H19N3O.